The lowest BCUT2D eigenvalue weighted by atomic mass is 10.0. The summed E-state index contributed by atoms with van der Waals surface area (Å²) in [5.74, 6) is 1.28. The second-order valence-corrected chi connectivity index (χ2v) is 6.51. The van der Waals surface area contributed by atoms with Gasteiger partial charge in [-0.05, 0) is 54.7 Å². The van der Waals surface area contributed by atoms with Gasteiger partial charge in [0, 0.05) is 10.0 Å². The Morgan fingerprint density at radius 3 is 2.44 bits per heavy atom. The van der Waals surface area contributed by atoms with E-state index in [1.54, 1.807) is 12.1 Å². The highest BCUT2D eigenvalue weighted by molar-refractivity contribution is 9.10. The molecule has 0 bridgehead atoms. The standard InChI is InChI=1S/C20H23BrO4/c1-5-14-11-15(6-2)19(10-13(14)3)24-12-16-17(21)8-7-9-18(16)25-20(22)23-4/h7-11H,5-6,12H2,1-4H3. The van der Waals surface area contributed by atoms with Gasteiger partial charge in [0.25, 0.3) is 0 Å². The molecule has 0 spiro atoms. The smallest absolute Gasteiger partial charge is 0.488 e. The van der Waals surface area contributed by atoms with Crippen LogP contribution in [-0.4, -0.2) is 13.3 Å². The van der Waals surface area contributed by atoms with Crippen LogP contribution in [0.1, 0.15) is 36.1 Å². The lowest BCUT2D eigenvalue weighted by Gasteiger charge is -2.16. The highest BCUT2D eigenvalue weighted by Crippen LogP contribution is 2.31. The molecular formula is C20H23BrO4. The summed E-state index contributed by atoms with van der Waals surface area (Å²) in [6.45, 7) is 6.64. The normalized spacial score (nSPS) is 10.4. The molecule has 5 heteroatoms. The summed E-state index contributed by atoms with van der Waals surface area (Å²) in [6.07, 6.45) is 1.14. The van der Waals surface area contributed by atoms with E-state index in [0.29, 0.717) is 5.75 Å². The van der Waals surface area contributed by atoms with Crippen LogP contribution in [-0.2, 0) is 24.2 Å². The Bertz CT molecular complexity index is 756. The van der Waals surface area contributed by atoms with Gasteiger partial charge in [0.1, 0.15) is 18.1 Å². The van der Waals surface area contributed by atoms with Gasteiger partial charge in [-0.3, -0.25) is 0 Å². The largest absolute Gasteiger partial charge is 0.513 e. The van der Waals surface area contributed by atoms with Crippen LogP contribution >= 0.6 is 15.9 Å². The van der Waals surface area contributed by atoms with Gasteiger partial charge in [0.2, 0.25) is 0 Å². The highest BCUT2D eigenvalue weighted by Gasteiger charge is 2.14. The molecule has 0 saturated carbocycles. The van der Waals surface area contributed by atoms with Crippen LogP contribution < -0.4 is 9.47 Å². The van der Waals surface area contributed by atoms with E-state index in [1.807, 2.05) is 6.07 Å². The van der Waals surface area contributed by atoms with Crippen LogP contribution in [0.15, 0.2) is 34.8 Å². The fraction of sp³-hybridized carbons (Fsp3) is 0.350. The molecule has 0 aliphatic heterocycles. The van der Waals surface area contributed by atoms with E-state index in [4.69, 9.17) is 9.47 Å². The molecule has 134 valence electrons. The maximum atomic E-state index is 11.4. The molecular weight excluding hydrogens is 384 g/mol. The number of carbonyl (C=O) groups excluding carboxylic acids is 1. The summed E-state index contributed by atoms with van der Waals surface area (Å²) in [7, 11) is 1.28. The topological polar surface area (TPSA) is 44.8 Å². The average molecular weight is 407 g/mol. The fourth-order valence-corrected chi connectivity index (χ4v) is 3.09. The molecule has 0 aromatic heterocycles. The third-order valence-corrected chi connectivity index (χ3v) is 4.83. The quantitative estimate of drug-likeness (QED) is 0.462. The van der Waals surface area contributed by atoms with Gasteiger partial charge < -0.3 is 14.2 Å². The maximum absolute atomic E-state index is 11.4. The van der Waals surface area contributed by atoms with E-state index < -0.39 is 6.16 Å². The van der Waals surface area contributed by atoms with Crippen LogP contribution in [0, 0.1) is 6.92 Å². The van der Waals surface area contributed by atoms with Crippen molar-refractivity contribution in [1.82, 2.24) is 0 Å². The Kier molecular flexibility index (Phi) is 6.88. The number of hydrogen-bond donors (Lipinski definition) is 0. The zero-order valence-electron chi connectivity index (χ0n) is 15.0. The molecule has 0 atom stereocenters. The first-order valence-electron chi connectivity index (χ1n) is 8.28. The molecule has 2 rings (SSSR count). The Balaban J connectivity index is 2.27. The van der Waals surface area contributed by atoms with E-state index in [1.165, 1.54) is 23.8 Å². The van der Waals surface area contributed by atoms with Gasteiger partial charge in [-0.1, -0.05) is 41.9 Å². The van der Waals surface area contributed by atoms with E-state index in [2.05, 4.69) is 53.6 Å². The number of carbonyl (C=O) groups is 1. The number of halogens is 1. The van der Waals surface area contributed by atoms with E-state index in [0.717, 1.165) is 28.6 Å². The minimum atomic E-state index is -0.753. The van der Waals surface area contributed by atoms with Crippen molar-refractivity contribution in [3.05, 3.63) is 57.1 Å². The van der Waals surface area contributed by atoms with Gasteiger partial charge in [-0.2, -0.15) is 0 Å². The summed E-state index contributed by atoms with van der Waals surface area (Å²) in [5.41, 5.74) is 4.48. The molecule has 0 radical (unpaired) electrons. The minimum Gasteiger partial charge on any atom is -0.488 e. The molecule has 0 fully saturated rings. The van der Waals surface area contributed by atoms with Crippen molar-refractivity contribution in [3.63, 3.8) is 0 Å². The molecule has 0 N–H and O–H groups in total. The van der Waals surface area contributed by atoms with Gasteiger partial charge in [-0.25, -0.2) is 4.79 Å². The van der Waals surface area contributed by atoms with Gasteiger partial charge in [0.15, 0.2) is 0 Å². The Morgan fingerprint density at radius 2 is 1.80 bits per heavy atom. The first-order chi connectivity index (χ1) is 12.0. The molecule has 0 aliphatic carbocycles. The summed E-state index contributed by atoms with van der Waals surface area (Å²) in [4.78, 5) is 11.4. The summed E-state index contributed by atoms with van der Waals surface area (Å²) in [6, 6.07) is 9.68. The van der Waals surface area contributed by atoms with Crippen molar-refractivity contribution >= 4 is 22.1 Å². The van der Waals surface area contributed by atoms with Crippen molar-refractivity contribution < 1.29 is 19.0 Å². The first kappa shape index (κ1) is 19.3. The third-order valence-electron chi connectivity index (χ3n) is 4.09. The Morgan fingerprint density at radius 1 is 1.08 bits per heavy atom. The van der Waals surface area contributed by atoms with Crippen LogP contribution in [0.2, 0.25) is 0 Å². The Labute approximate surface area is 157 Å². The molecule has 0 aliphatic rings. The molecule has 25 heavy (non-hydrogen) atoms. The van der Waals surface area contributed by atoms with E-state index >= 15 is 0 Å². The minimum absolute atomic E-state index is 0.283. The van der Waals surface area contributed by atoms with Crippen molar-refractivity contribution in [2.45, 2.75) is 40.2 Å². The van der Waals surface area contributed by atoms with E-state index in [9.17, 15) is 4.79 Å². The SMILES string of the molecule is CCc1cc(CC)c(OCc2c(Br)cccc2OC(=O)OC)cc1C. The van der Waals surface area contributed by atoms with Crippen LogP contribution in [0.4, 0.5) is 4.79 Å². The molecule has 0 amide bonds. The Hall–Kier alpha value is -2.01. The summed E-state index contributed by atoms with van der Waals surface area (Å²) >= 11 is 3.49. The van der Waals surface area contributed by atoms with Gasteiger partial charge in [-0.15, -0.1) is 0 Å². The lowest BCUT2D eigenvalue weighted by molar-refractivity contribution is 0.120. The monoisotopic (exact) mass is 406 g/mol. The molecule has 0 saturated heterocycles. The van der Waals surface area contributed by atoms with Crippen LogP contribution in [0.5, 0.6) is 11.5 Å². The predicted molar refractivity (Wildman–Crippen MR) is 101 cm³/mol. The van der Waals surface area contributed by atoms with Crippen molar-refractivity contribution in [2.75, 3.05) is 7.11 Å². The average Bonchev–Trinajstić information content (AvgIpc) is 2.61. The number of ether oxygens (including phenoxy) is 3. The second-order valence-electron chi connectivity index (χ2n) is 5.65. The molecule has 2 aromatic carbocycles. The van der Waals surface area contributed by atoms with Gasteiger partial charge >= 0.3 is 6.16 Å². The van der Waals surface area contributed by atoms with E-state index in [-0.39, 0.29) is 6.61 Å². The molecule has 0 heterocycles. The van der Waals surface area contributed by atoms with Crippen molar-refractivity contribution in [2.24, 2.45) is 0 Å². The summed E-state index contributed by atoms with van der Waals surface area (Å²) < 4.78 is 16.7. The maximum Gasteiger partial charge on any atom is 0.513 e. The lowest BCUT2D eigenvalue weighted by Crippen LogP contribution is -2.10. The van der Waals surface area contributed by atoms with Crippen LogP contribution in [0.3, 0.4) is 0 Å². The van der Waals surface area contributed by atoms with Crippen LogP contribution in [0.25, 0.3) is 0 Å². The number of benzene rings is 2. The van der Waals surface area contributed by atoms with Crippen molar-refractivity contribution in [3.8, 4) is 11.5 Å². The summed E-state index contributed by atoms with van der Waals surface area (Å²) in [5, 5.41) is 0. The first-order valence-corrected chi connectivity index (χ1v) is 9.07. The predicted octanol–water partition coefficient (Wildman–Crippen LogP) is 5.61. The van der Waals surface area contributed by atoms with Crippen molar-refractivity contribution in [1.29, 1.82) is 0 Å². The zero-order valence-corrected chi connectivity index (χ0v) is 16.6. The number of methoxy groups -OCH3 is 1. The van der Waals surface area contributed by atoms with Gasteiger partial charge in [0.05, 0.1) is 7.11 Å². The number of rotatable bonds is 6. The molecule has 2 aromatic rings. The molecule has 0 unspecified atom stereocenters. The zero-order chi connectivity index (χ0) is 18.4. The highest BCUT2D eigenvalue weighted by atomic mass is 79.9. The third kappa shape index (κ3) is 4.75. The number of hydrogen-bond acceptors (Lipinski definition) is 4. The fourth-order valence-electron chi connectivity index (χ4n) is 2.62. The number of aryl methyl sites for hydroxylation is 3. The second kappa shape index (κ2) is 8.90. The molecule has 4 nitrogen and oxygen atoms in total.